The smallest absolute Gasteiger partial charge is 0.425 e. The fraction of sp³-hybridized carbons (Fsp3) is 0.867. The van der Waals surface area contributed by atoms with Crippen LogP contribution < -0.4 is 5.32 Å². The first kappa shape index (κ1) is 22.8. The van der Waals surface area contributed by atoms with E-state index in [4.69, 9.17) is 14.4 Å². The molecule has 140 valence electrons. The zero-order valence-electron chi connectivity index (χ0n) is 14.9. The number of nitrogens with one attached hydrogen (secondary N) is 1. The van der Waals surface area contributed by atoms with Crippen LogP contribution in [0.2, 0.25) is 0 Å². The summed E-state index contributed by atoms with van der Waals surface area (Å²) in [5, 5.41) is 12.0. The van der Waals surface area contributed by atoms with Gasteiger partial charge in [-0.1, -0.05) is 6.92 Å². The Kier molecular flexibility index (Phi) is 10.0. The third-order valence-corrected chi connectivity index (χ3v) is 3.83. The lowest BCUT2D eigenvalue weighted by Gasteiger charge is -2.21. The maximum absolute atomic E-state index is 11.6. The molecule has 0 radical (unpaired) electrons. The van der Waals surface area contributed by atoms with Gasteiger partial charge < -0.3 is 14.6 Å². The predicted octanol–water partition coefficient (Wildman–Crippen LogP) is 2.51. The average molecular weight is 366 g/mol. The Morgan fingerprint density at radius 2 is 1.71 bits per heavy atom. The topological polar surface area (TPSA) is 122 Å². The summed E-state index contributed by atoms with van der Waals surface area (Å²) in [5.41, 5.74) is -0.706. The molecule has 3 N–H and O–H groups in total. The summed E-state index contributed by atoms with van der Waals surface area (Å²) in [7, 11) is -2.14. The van der Waals surface area contributed by atoms with E-state index in [0.717, 1.165) is 0 Å². The van der Waals surface area contributed by atoms with Gasteiger partial charge in [0.1, 0.15) is 6.23 Å². The average Bonchev–Trinajstić information content (AvgIpc) is 2.41. The number of amides is 1. The van der Waals surface area contributed by atoms with Crippen LogP contribution in [0.15, 0.2) is 0 Å². The lowest BCUT2D eigenvalue weighted by Crippen LogP contribution is -2.38. The molecule has 0 aromatic carbocycles. The van der Waals surface area contributed by atoms with Crippen molar-refractivity contribution >= 4 is 20.1 Å². The molecule has 0 fully saturated rings. The zero-order chi connectivity index (χ0) is 18.9. The SMILES string of the molecule is CC(CCC(O)NC(=O)OC(C)OC(=O)C(C)(C)C)CC[P+](=O)O. The molecule has 4 atom stereocenters. The molecule has 0 aliphatic carbocycles. The van der Waals surface area contributed by atoms with Crippen LogP contribution in [0.3, 0.4) is 0 Å². The summed E-state index contributed by atoms with van der Waals surface area (Å²) in [6.07, 6.45) is -1.39. The van der Waals surface area contributed by atoms with Crippen molar-refractivity contribution in [1.82, 2.24) is 5.32 Å². The highest BCUT2D eigenvalue weighted by Gasteiger charge is 2.26. The quantitative estimate of drug-likeness (QED) is 0.325. The van der Waals surface area contributed by atoms with Crippen LogP contribution in [0.4, 0.5) is 4.79 Å². The van der Waals surface area contributed by atoms with Gasteiger partial charge in [-0.05, 0) is 50.5 Å². The maximum Gasteiger partial charge on any atom is 0.505 e. The van der Waals surface area contributed by atoms with Crippen molar-refractivity contribution in [2.45, 2.75) is 66.4 Å². The first-order valence-electron chi connectivity index (χ1n) is 7.91. The monoisotopic (exact) mass is 366 g/mol. The molecule has 24 heavy (non-hydrogen) atoms. The van der Waals surface area contributed by atoms with E-state index in [1.54, 1.807) is 20.8 Å². The summed E-state index contributed by atoms with van der Waals surface area (Å²) in [6.45, 7) is 8.35. The van der Waals surface area contributed by atoms with E-state index in [-0.39, 0.29) is 18.5 Å². The van der Waals surface area contributed by atoms with E-state index in [9.17, 15) is 19.3 Å². The number of carbonyl (C=O) groups excluding carboxylic acids is 2. The molecule has 0 saturated heterocycles. The Morgan fingerprint density at radius 3 is 2.21 bits per heavy atom. The van der Waals surface area contributed by atoms with Gasteiger partial charge in [-0.15, -0.1) is 0 Å². The molecule has 0 aromatic rings. The number of ether oxygens (including phenoxy) is 2. The Bertz CT molecular complexity index is 436. The number of hydrogen-bond acceptors (Lipinski definition) is 6. The van der Waals surface area contributed by atoms with Crippen molar-refractivity contribution in [3.63, 3.8) is 0 Å². The standard InChI is InChI=1S/C15H28NO7P/c1-10(8-9-24(20)21)6-7-12(17)16-14(19)23-11(2)22-13(18)15(3,4)5/h10-12,17H,6-9H2,1-5H3,(H-,16,19,20,21)/p+1. The largest absolute Gasteiger partial charge is 0.505 e. The van der Waals surface area contributed by atoms with Gasteiger partial charge in [0.2, 0.25) is 6.29 Å². The van der Waals surface area contributed by atoms with Crippen LogP contribution in [0, 0.1) is 11.3 Å². The molecule has 0 aromatic heterocycles. The van der Waals surface area contributed by atoms with Gasteiger partial charge >= 0.3 is 20.1 Å². The lowest BCUT2D eigenvalue weighted by molar-refractivity contribution is -0.174. The molecule has 0 spiro atoms. The number of alkyl carbamates (subject to hydrolysis) is 1. The molecule has 0 aliphatic rings. The molecule has 9 heteroatoms. The van der Waals surface area contributed by atoms with Crippen LogP contribution in [0.1, 0.15) is 53.9 Å². The number of aliphatic hydroxyl groups excluding tert-OH is 1. The fourth-order valence-electron chi connectivity index (χ4n) is 1.66. The van der Waals surface area contributed by atoms with E-state index in [0.29, 0.717) is 12.8 Å². The van der Waals surface area contributed by atoms with Gasteiger partial charge in [0.15, 0.2) is 6.16 Å². The van der Waals surface area contributed by atoms with Gasteiger partial charge in [-0.25, -0.2) is 4.79 Å². The number of carbonyl (C=O) groups is 2. The molecule has 8 nitrogen and oxygen atoms in total. The molecule has 0 aliphatic heterocycles. The van der Waals surface area contributed by atoms with Crippen molar-refractivity contribution in [2.75, 3.05) is 6.16 Å². The van der Waals surface area contributed by atoms with Crippen LogP contribution in [0.5, 0.6) is 0 Å². The minimum atomic E-state index is -2.14. The van der Waals surface area contributed by atoms with Crippen molar-refractivity contribution in [1.29, 1.82) is 0 Å². The summed E-state index contributed by atoms with van der Waals surface area (Å²) in [5.74, 6) is -0.352. The minimum absolute atomic E-state index is 0.148. The van der Waals surface area contributed by atoms with Crippen LogP contribution in [-0.4, -0.2) is 40.7 Å². The van der Waals surface area contributed by atoms with Crippen LogP contribution in [-0.2, 0) is 18.8 Å². The van der Waals surface area contributed by atoms with Gasteiger partial charge in [-0.2, -0.15) is 4.89 Å². The molecule has 0 bridgehead atoms. The molecule has 0 heterocycles. The first-order chi connectivity index (χ1) is 10.9. The van der Waals surface area contributed by atoms with Gasteiger partial charge in [0, 0.05) is 6.92 Å². The highest BCUT2D eigenvalue weighted by atomic mass is 31.1. The fourth-order valence-corrected chi connectivity index (χ4v) is 2.32. The van der Waals surface area contributed by atoms with Crippen molar-refractivity contribution in [2.24, 2.45) is 11.3 Å². The molecule has 0 saturated carbocycles. The van der Waals surface area contributed by atoms with Gasteiger partial charge in [0.05, 0.1) is 5.41 Å². The third-order valence-electron chi connectivity index (χ3n) is 3.19. The third kappa shape index (κ3) is 11.3. The first-order valence-corrected chi connectivity index (χ1v) is 9.31. The second-order valence-corrected chi connectivity index (χ2v) is 7.99. The Labute approximate surface area is 143 Å². The summed E-state index contributed by atoms with van der Waals surface area (Å²) in [6, 6.07) is 0. The van der Waals surface area contributed by atoms with Crippen molar-refractivity contribution in [3.05, 3.63) is 0 Å². The summed E-state index contributed by atoms with van der Waals surface area (Å²) < 4.78 is 20.4. The predicted molar refractivity (Wildman–Crippen MR) is 88.3 cm³/mol. The van der Waals surface area contributed by atoms with E-state index in [2.05, 4.69) is 5.32 Å². The van der Waals surface area contributed by atoms with E-state index < -0.39 is 38.0 Å². The zero-order valence-corrected chi connectivity index (χ0v) is 15.8. The summed E-state index contributed by atoms with van der Waals surface area (Å²) in [4.78, 5) is 32.0. The van der Waals surface area contributed by atoms with E-state index >= 15 is 0 Å². The molecule has 0 rings (SSSR count). The van der Waals surface area contributed by atoms with Gasteiger partial charge in [-0.3, -0.25) is 10.1 Å². The van der Waals surface area contributed by atoms with Gasteiger partial charge in [0.25, 0.3) is 0 Å². The van der Waals surface area contributed by atoms with E-state index in [1.807, 2.05) is 6.92 Å². The molecular formula is C15H29NO7P+. The lowest BCUT2D eigenvalue weighted by atomic mass is 9.97. The van der Waals surface area contributed by atoms with Crippen molar-refractivity contribution in [3.8, 4) is 0 Å². The highest BCUT2D eigenvalue weighted by Crippen LogP contribution is 2.20. The molecule has 4 unspecified atom stereocenters. The Hall–Kier alpha value is -1.24. The normalized spacial score (nSPS) is 15.9. The summed E-state index contributed by atoms with van der Waals surface area (Å²) >= 11 is 0. The number of hydrogen-bond donors (Lipinski definition) is 3. The van der Waals surface area contributed by atoms with E-state index in [1.165, 1.54) is 6.92 Å². The number of esters is 1. The van der Waals surface area contributed by atoms with Crippen LogP contribution >= 0.6 is 8.03 Å². The van der Waals surface area contributed by atoms with Crippen molar-refractivity contribution < 1.29 is 33.6 Å². The second-order valence-electron chi connectivity index (χ2n) is 6.84. The number of aliphatic hydroxyl groups is 1. The number of rotatable bonds is 9. The second kappa shape index (κ2) is 10.6. The Morgan fingerprint density at radius 1 is 1.12 bits per heavy atom. The maximum atomic E-state index is 11.6. The molecule has 1 amide bonds. The highest BCUT2D eigenvalue weighted by molar-refractivity contribution is 7.37. The Balaban J connectivity index is 4.05. The van der Waals surface area contributed by atoms with Crippen LogP contribution in [0.25, 0.3) is 0 Å². The minimum Gasteiger partial charge on any atom is -0.425 e. The molecular weight excluding hydrogens is 337 g/mol.